The van der Waals surface area contributed by atoms with Crippen molar-refractivity contribution in [1.82, 2.24) is 24.8 Å². The van der Waals surface area contributed by atoms with Crippen LogP contribution in [0.25, 0.3) is 17.0 Å². The average molecular weight is 430 g/mol. The first kappa shape index (κ1) is 19.8. The number of hydrogen-bond donors (Lipinski definition) is 1. The maximum atomic E-state index is 13.1. The Morgan fingerprint density at radius 1 is 1.03 bits per heavy atom. The lowest BCUT2D eigenvalue weighted by molar-refractivity contribution is -0.137. The number of alkyl halides is 3. The summed E-state index contributed by atoms with van der Waals surface area (Å²) in [6.07, 6.45) is -1.31. The van der Waals surface area contributed by atoms with Crippen molar-refractivity contribution in [2.24, 2.45) is 0 Å². The minimum absolute atomic E-state index is 0.114. The van der Waals surface area contributed by atoms with Crippen LogP contribution in [-0.4, -0.2) is 36.5 Å². The summed E-state index contributed by atoms with van der Waals surface area (Å²) < 4.78 is 40.7. The third kappa shape index (κ3) is 4.25. The van der Waals surface area contributed by atoms with Crippen LogP contribution in [0.2, 0.25) is 0 Å². The Morgan fingerprint density at radius 2 is 1.80 bits per heavy atom. The molecule has 1 N–H and O–H groups in total. The average Bonchev–Trinajstić information content (AvgIpc) is 3.16. The summed E-state index contributed by atoms with van der Waals surface area (Å²) in [5.41, 5.74) is 0.121. The Bertz CT molecular complexity index is 1200. The second kappa shape index (κ2) is 8.11. The van der Waals surface area contributed by atoms with Gasteiger partial charge in [0.05, 0.1) is 17.0 Å². The molecule has 0 saturated carbocycles. The highest BCUT2D eigenvalue weighted by Crippen LogP contribution is 2.34. The van der Waals surface area contributed by atoms with Gasteiger partial charge in [0.25, 0.3) is 0 Å². The van der Waals surface area contributed by atoms with E-state index in [0.717, 1.165) is 23.4 Å². The Kier molecular flexibility index (Phi) is 5.36. The second-order valence-electron chi connectivity index (χ2n) is 6.08. The molecule has 0 aliphatic carbocycles. The van der Waals surface area contributed by atoms with Crippen molar-refractivity contribution in [3.63, 3.8) is 0 Å². The summed E-state index contributed by atoms with van der Waals surface area (Å²) in [5.74, 6) is -0.174. The van der Waals surface area contributed by atoms with Gasteiger partial charge in [-0.1, -0.05) is 23.9 Å². The highest BCUT2D eigenvalue weighted by molar-refractivity contribution is 7.99. The molecule has 3 heterocycles. The predicted molar refractivity (Wildman–Crippen MR) is 105 cm³/mol. The molecule has 4 rings (SSSR count). The van der Waals surface area contributed by atoms with Crippen molar-refractivity contribution in [1.29, 1.82) is 0 Å². The number of hydrogen-bond acceptors (Lipinski definition) is 6. The maximum absolute atomic E-state index is 13.1. The molecule has 11 heteroatoms. The van der Waals surface area contributed by atoms with E-state index in [1.807, 2.05) is 0 Å². The molecule has 0 radical (unpaired) electrons. The number of halogens is 3. The molecule has 0 fully saturated rings. The van der Waals surface area contributed by atoms with E-state index in [1.165, 1.54) is 22.7 Å². The van der Waals surface area contributed by atoms with E-state index in [-0.39, 0.29) is 11.4 Å². The molecule has 30 heavy (non-hydrogen) atoms. The molecular weight excluding hydrogens is 417 g/mol. The molecule has 7 nitrogen and oxygen atoms in total. The van der Waals surface area contributed by atoms with Gasteiger partial charge in [-0.25, -0.2) is 0 Å². The number of thioether (sulfide) groups is 1. The number of fused-ring (bicyclic) bond motifs is 1. The number of amides is 1. The fourth-order valence-corrected chi connectivity index (χ4v) is 3.35. The number of pyridine rings is 1. The molecular formula is C19H13F3N6OS. The first-order valence-electron chi connectivity index (χ1n) is 8.63. The van der Waals surface area contributed by atoms with Crippen LogP contribution >= 0.6 is 11.8 Å². The standard InChI is InChI=1S/C19H13F3N6OS/c20-19(21,22)13-3-1-2-4-14(13)24-16(29)11-30-17-6-5-15-25-26-18(28(15)27-17)12-7-9-23-10-8-12/h1-10H,11H2,(H,24,29). The summed E-state index contributed by atoms with van der Waals surface area (Å²) in [5, 5.41) is 15.4. The lowest BCUT2D eigenvalue weighted by atomic mass is 10.1. The van der Waals surface area contributed by atoms with E-state index in [2.05, 4.69) is 25.6 Å². The third-order valence-corrected chi connectivity index (χ3v) is 4.95. The summed E-state index contributed by atoms with van der Waals surface area (Å²) in [6, 6.07) is 11.7. The van der Waals surface area contributed by atoms with Crippen LogP contribution in [0.15, 0.2) is 66.0 Å². The van der Waals surface area contributed by atoms with Crippen LogP contribution in [0.4, 0.5) is 18.9 Å². The molecule has 152 valence electrons. The molecule has 0 saturated heterocycles. The van der Waals surface area contributed by atoms with E-state index in [1.54, 1.807) is 36.7 Å². The maximum Gasteiger partial charge on any atom is 0.418 e. The largest absolute Gasteiger partial charge is 0.418 e. The summed E-state index contributed by atoms with van der Waals surface area (Å²) in [6.45, 7) is 0. The van der Waals surface area contributed by atoms with Gasteiger partial charge >= 0.3 is 6.18 Å². The number of para-hydroxylation sites is 1. The predicted octanol–water partition coefficient (Wildman–Crippen LogP) is 3.94. The lowest BCUT2D eigenvalue weighted by Gasteiger charge is -2.13. The van der Waals surface area contributed by atoms with Crippen molar-refractivity contribution >= 4 is 29.0 Å². The van der Waals surface area contributed by atoms with Crippen molar-refractivity contribution < 1.29 is 18.0 Å². The first-order chi connectivity index (χ1) is 14.4. The number of rotatable bonds is 5. The normalized spacial score (nSPS) is 11.6. The molecule has 0 atom stereocenters. The Morgan fingerprint density at radius 3 is 2.57 bits per heavy atom. The monoisotopic (exact) mass is 430 g/mol. The zero-order valence-corrected chi connectivity index (χ0v) is 16.0. The summed E-state index contributed by atoms with van der Waals surface area (Å²) in [4.78, 5) is 16.2. The van der Waals surface area contributed by atoms with E-state index in [4.69, 9.17) is 0 Å². The smallest absolute Gasteiger partial charge is 0.325 e. The van der Waals surface area contributed by atoms with Gasteiger partial charge in [-0.3, -0.25) is 9.78 Å². The van der Waals surface area contributed by atoms with Crippen LogP contribution in [0, 0.1) is 0 Å². The number of anilines is 1. The molecule has 0 bridgehead atoms. The van der Waals surface area contributed by atoms with Crippen molar-refractivity contribution in [3.05, 3.63) is 66.5 Å². The van der Waals surface area contributed by atoms with Gasteiger partial charge in [0, 0.05) is 18.0 Å². The number of carbonyl (C=O) groups excluding carboxylic acids is 1. The van der Waals surface area contributed by atoms with E-state index >= 15 is 0 Å². The summed E-state index contributed by atoms with van der Waals surface area (Å²) >= 11 is 1.09. The summed E-state index contributed by atoms with van der Waals surface area (Å²) in [7, 11) is 0. The minimum Gasteiger partial charge on any atom is -0.325 e. The van der Waals surface area contributed by atoms with Crippen molar-refractivity contribution in [3.8, 4) is 11.4 Å². The fourth-order valence-electron chi connectivity index (χ4n) is 2.70. The molecule has 0 aliphatic heterocycles. The molecule has 1 amide bonds. The number of benzene rings is 1. The van der Waals surface area contributed by atoms with Crippen LogP contribution in [0.5, 0.6) is 0 Å². The topological polar surface area (TPSA) is 85.1 Å². The van der Waals surface area contributed by atoms with Gasteiger partial charge in [-0.05, 0) is 36.4 Å². The number of nitrogens with one attached hydrogen (secondary N) is 1. The molecule has 0 spiro atoms. The first-order valence-corrected chi connectivity index (χ1v) is 9.62. The highest BCUT2D eigenvalue weighted by atomic mass is 32.2. The second-order valence-corrected chi connectivity index (χ2v) is 7.08. The van der Waals surface area contributed by atoms with E-state index < -0.39 is 17.6 Å². The van der Waals surface area contributed by atoms with Gasteiger partial charge in [0.2, 0.25) is 5.91 Å². The van der Waals surface area contributed by atoms with Gasteiger partial charge in [0.15, 0.2) is 11.5 Å². The minimum atomic E-state index is -4.55. The van der Waals surface area contributed by atoms with Crippen LogP contribution in [-0.2, 0) is 11.0 Å². The van der Waals surface area contributed by atoms with Crippen LogP contribution < -0.4 is 5.32 Å². The molecule has 1 aromatic carbocycles. The molecule has 4 aromatic rings. The van der Waals surface area contributed by atoms with Gasteiger partial charge < -0.3 is 5.32 Å². The van der Waals surface area contributed by atoms with Gasteiger partial charge in [0.1, 0.15) is 5.03 Å². The van der Waals surface area contributed by atoms with E-state index in [9.17, 15) is 18.0 Å². The van der Waals surface area contributed by atoms with E-state index in [0.29, 0.717) is 16.5 Å². The fraction of sp³-hybridized carbons (Fsp3) is 0.105. The zero-order chi connectivity index (χ0) is 21.1. The quantitative estimate of drug-likeness (QED) is 0.483. The number of nitrogens with zero attached hydrogens (tertiary/aromatic N) is 5. The Balaban J connectivity index is 1.49. The molecule has 0 aliphatic rings. The zero-order valence-electron chi connectivity index (χ0n) is 15.2. The number of carbonyl (C=O) groups is 1. The molecule has 3 aromatic heterocycles. The van der Waals surface area contributed by atoms with Gasteiger partial charge in [-0.2, -0.15) is 22.8 Å². The van der Waals surface area contributed by atoms with Crippen molar-refractivity contribution in [2.75, 3.05) is 11.1 Å². The Hall–Kier alpha value is -3.47. The van der Waals surface area contributed by atoms with Crippen LogP contribution in [0.1, 0.15) is 5.56 Å². The van der Waals surface area contributed by atoms with Crippen molar-refractivity contribution in [2.45, 2.75) is 11.2 Å². The SMILES string of the molecule is O=C(CSc1ccc2nnc(-c3ccncc3)n2n1)Nc1ccccc1C(F)(F)F. The number of aromatic nitrogens is 5. The third-order valence-electron chi connectivity index (χ3n) is 4.03. The molecule has 0 unspecified atom stereocenters. The van der Waals surface area contributed by atoms with Crippen LogP contribution in [0.3, 0.4) is 0 Å². The van der Waals surface area contributed by atoms with Gasteiger partial charge in [-0.15, -0.1) is 10.2 Å². The highest BCUT2D eigenvalue weighted by Gasteiger charge is 2.33. The lowest BCUT2D eigenvalue weighted by Crippen LogP contribution is -2.18. The Labute approximate surface area is 172 Å².